The van der Waals surface area contributed by atoms with Gasteiger partial charge in [-0.3, -0.25) is 4.21 Å². The zero-order chi connectivity index (χ0) is 11.1. The molecule has 0 bridgehead atoms. The van der Waals surface area contributed by atoms with Gasteiger partial charge >= 0.3 is 0 Å². The first-order valence-corrected chi connectivity index (χ1v) is 6.77. The van der Waals surface area contributed by atoms with Crippen LogP contribution in [-0.4, -0.2) is 16.5 Å². The Bertz CT molecular complexity index is 330. The molecule has 15 heavy (non-hydrogen) atoms. The number of halogens is 1. The van der Waals surface area contributed by atoms with Gasteiger partial charge in [-0.15, -0.1) is 0 Å². The summed E-state index contributed by atoms with van der Waals surface area (Å²) >= 11 is 5.82. The maximum absolute atomic E-state index is 11.8. The van der Waals surface area contributed by atoms with Crippen LogP contribution in [0.4, 0.5) is 0 Å². The highest BCUT2D eigenvalue weighted by Crippen LogP contribution is 2.15. The van der Waals surface area contributed by atoms with E-state index < -0.39 is 10.8 Å². The summed E-state index contributed by atoms with van der Waals surface area (Å²) in [6.07, 6.45) is 3.01. The summed E-state index contributed by atoms with van der Waals surface area (Å²) in [7, 11) is -0.922. The average Bonchev–Trinajstić information content (AvgIpc) is 2.24. The molecule has 0 aromatic heterocycles. The molecule has 2 nitrogen and oxygen atoms in total. The standard InChI is InChI=1S/C11H16ClNOS/c12-10-5-4-6-11(9-10)15(14)8-3-1-2-7-13/h4-6,9H,1-3,7-8,13H2. The summed E-state index contributed by atoms with van der Waals surface area (Å²) in [5.41, 5.74) is 5.38. The number of benzene rings is 1. The topological polar surface area (TPSA) is 43.1 Å². The molecule has 2 N–H and O–H groups in total. The molecule has 0 radical (unpaired) electrons. The molecule has 0 aliphatic carbocycles. The fourth-order valence-corrected chi connectivity index (χ4v) is 2.73. The maximum atomic E-state index is 11.8. The van der Waals surface area contributed by atoms with Crippen molar-refractivity contribution in [3.63, 3.8) is 0 Å². The summed E-state index contributed by atoms with van der Waals surface area (Å²) in [6, 6.07) is 7.23. The van der Waals surface area contributed by atoms with Crippen molar-refractivity contribution in [3.8, 4) is 0 Å². The molecule has 0 saturated heterocycles. The predicted molar refractivity (Wildman–Crippen MR) is 65.6 cm³/mol. The van der Waals surface area contributed by atoms with Crippen molar-refractivity contribution >= 4 is 22.4 Å². The van der Waals surface area contributed by atoms with Crippen molar-refractivity contribution in [2.75, 3.05) is 12.3 Å². The number of unbranched alkanes of at least 4 members (excludes halogenated alkanes) is 2. The van der Waals surface area contributed by atoms with Gasteiger partial charge in [0.25, 0.3) is 0 Å². The molecule has 1 aromatic rings. The fourth-order valence-electron chi connectivity index (χ4n) is 1.28. The fraction of sp³-hybridized carbons (Fsp3) is 0.455. The smallest absolute Gasteiger partial charge is 0.0530 e. The third-order valence-electron chi connectivity index (χ3n) is 2.09. The van der Waals surface area contributed by atoms with E-state index in [4.69, 9.17) is 17.3 Å². The van der Waals surface area contributed by atoms with Crippen LogP contribution in [-0.2, 0) is 10.8 Å². The molecule has 0 aliphatic heterocycles. The van der Waals surface area contributed by atoms with E-state index in [1.165, 1.54) is 0 Å². The molecule has 0 fully saturated rings. The number of hydrogen-bond donors (Lipinski definition) is 1. The van der Waals surface area contributed by atoms with Gasteiger partial charge in [-0.1, -0.05) is 24.1 Å². The zero-order valence-corrected chi connectivity index (χ0v) is 10.2. The summed E-state index contributed by atoms with van der Waals surface area (Å²) < 4.78 is 11.8. The van der Waals surface area contributed by atoms with E-state index in [0.717, 1.165) is 24.2 Å². The summed E-state index contributed by atoms with van der Waals surface area (Å²) in [4.78, 5) is 0.815. The van der Waals surface area contributed by atoms with Crippen LogP contribution >= 0.6 is 11.6 Å². The molecule has 0 heterocycles. The first-order valence-electron chi connectivity index (χ1n) is 5.08. The molecule has 0 amide bonds. The molecule has 0 saturated carbocycles. The lowest BCUT2D eigenvalue weighted by molar-refractivity contribution is 0.673. The van der Waals surface area contributed by atoms with Gasteiger partial charge in [0, 0.05) is 15.7 Å². The van der Waals surface area contributed by atoms with Gasteiger partial charge in [0.15, 0.2) is 0 Å². The molecule has 1 atom stereocenters. The highest BCUT2D eigenvalue weighted by molar-refractivity contribution is 7.85. The first-order chi connectivity index (χ1) is 7.24. The Morgan fingerprint density at radius 2 is 2.07 bits per heavy atom. The van der Waals surface area contributed by atoms with Gasteiger partial charge in [0.1, 0.15) is 0 Å². The lowest BCUT2D eigenvalue weighted by Crippen LogP contribution is -2.01. The van der Waals surface area contributed by atoms with E-state index in [9.17, 15) is 4.21 Å². The Morgan fingerprint density at radius 1 is 1.27 bits per heavy atom. The zero-order valence-electron chi connectivity index (χ0n) is 8.62. The van der Waals surface area contributed by atoms with Crippen LogP contribution in [0, 0.1) is 0 Å². The monoisotopic (exact) mass is 245 g/mol. The summed E-state index contributed by atoms with van der Waals surface area (Å²) in [5, 5.41) is 0.641. The molecule has 1 rings (SSSR count). The number of rotatable bonds is 6. The lowest BCUT2D eigenvalue weighted by Gasteiger charge is -2.02. The molecule has 84 valence electrons. The van der Waals surface area contributed by atoms with Crippen molar-refractivity contribution < 1.29 is 4.21 Å². The third kappa shape index (κ3) is 4.78. The Morgan fingerprint density at radius 3 is 2.73 bits per heavy atom. The van der Waals surface area contributed by atoms with Crippen LogP contribution in [0.3, 0.4) is 0 Å². The normalized spacial score (nSPS) is 12.7. The Balaban J connectivity index is 2.40. The molecule has 1 aromatic carbocycles. The van der Waals surface area contributed by atoms with Crippen molar-refractivity contribution in [1.29, 1.82) is 0 Å². The highest BCUT2D eigenvalue weighted by atomic mass is 35.5. The molecular weight excluding hydrogens is 230 g/mol. The maximum Gasteiger partial charge on any atom is 0.0530 e. The van der Waals surface area contributed by atoms with Crippen LogP contribution in [0.15, 0.2) is 29.2 Å². The minimum Gasteiger partial charge on any atom is -0.330 e. The predicted octanol–water partition coefficient (Wildman–Crippen LogP) is 2.58. The van der Waals surface area contributed by atoms with Gasteiger partial charge in [-0.25, -0.2) is 0 Å². The average molecular weight is 246 g/mol. The van der Waals surface area contributed by atoms with Crippen LogP contribution in [0.5, 0.6) is 0 Å². The SMILES string of the molecule is NCCCCCS(=O)c1cccc(Cl)c1. The van der Waals surface area contributed by atoms with E-state index in [0.29, 0.717) is 17.3 Å². The van der Waals surface area contributed by atoms with E-state index in [1.807, 2.05) is 12.1 Å². The van der Waals surface area contributed by atoms with Gasteiger partial charge < -0.3 is 5.73 Å². The van der Waals surface area contributed by atoms with Gasteiger partial charge in [-0.05, 0) is 37.6 Å². The van der Waals surface area contributed by atoms with Crippen molar-refractivity contribution in [1.82, 2.24) is 0 Å². The second-order valence-electron chi connectivity index (χ2n) is 3.36. The molecular formula is C11H16ClNOS. The molecule has 1 unspecified atom stereocenters. The van der Waals surface area contributed by atoms with E-state index in [-0.39, 0.29) is 0 Å². The van der Waals surface area contributed by atoms with Crippen LogP contribution in [0.25, 0.3) is 0 Å². The van der Waals surface area contributed by atoms with E-state index in [1.54, 1.807) is 12.1 Å². The summed E-state index contributed by atoms with van der Waals surface area (Å²) in [6.45, 7) is 0.712. The lowest BCUT2D eigenvalue weighted by atomic mass is 10.2. The Labute approximate surface area is 98.3 Å². The molecule has 0 spiro atoms. The minimum atomic E-state index is -0.922. The minimum absolute atomic E-state index is 0.641. The van der Waals surface area contributed by atoms with Crippen molar-refractivity contribution in [2.45, 2.75) is 24.2 Å². The van der Waals surface area contributed by atoms with E-state index in [2.05, 4.69) is 0 Å². The second-order valence-corrected chi connectivity index (χ2v) is 5.36. The van der Waals surface area contributed by atoms with Crippen LogP contribution in [0.1, 0.15) is 19.3 Å². The van der Waals surface area contributed by atoms with Crippen LogP contribution in [0.2, 0.25) is 5.02 Å². The van der Waals surface area contributed by atoms with Crippen molar-refractivity contribution in [3.05, 3.63) is 29.3 Å². The number of hydrogen-bond acceptors (Lipinski definition) is 2. The van der Waals surface area contributed by atoms with E-state index >= 15 is 0 Å². The Kier molecular flexibility index (Phi) is 5.91. The Hall–Kier alpha value is -0.380. The number of nitrogens with two attached hydrogens (primary N) is 1. The van der Waals surface area contributed by atoms with Gasteiger partial charge in [0.05, 0.1) is 10.8 Å². The van der Waals surface area contributed by atoms with Gasteiger partial charge in [0.2, 0.25) is 0 Å². The molecule has 0 aliphatic rings. The summed E-state index contributed by atoms with van der Waals surface area (Å²) in [5.74, 6) is 0.695. The molecule has 4 heteroatoms. The van der Waals surface area contributed by atoms with Crippen molar-refractivity contribution in [2.24, 2.45) is 5.73 Å². The highest BCUT2D eigenvalue weighted by Gasteiger charge is 2.03. The first kappa shape index (κ1) is 12.7. The quantitative estimate of drug-likeness (QED) is 0.783. The van der Waals surface area contributed by atoms with Gasteiger partial charge in [-0.2, -0.15) is 0 Å². The second kappa shape index (κ2) is 6.99. The third-order valence-corrected chi connectivity index (χ3v) is 3.77. The largest absolute Gasteiger partial charge is 0.330 e. The van der Waals surface area contributed by atoms with Crippen LogP contribution < -0.4 is 5.73 Å².